The molecule has 2 aromatic carbocycles. The number of fused-ring (bicyclic) bond motifs is 1. The SMILES string of the molecule is N[C@@H](Cc1ccc(O)cc1)C(=O)N1CC[C@H]2NC(=O)[C@@H](Cc3ccccc3)NC(=O)C3(C/C=C/C[C@@H]2C1)CCOCC3. The summed E-state index contributed by atoms with van der Waals surface area (Å²) in [6.07, 6.45) is 8.05. The van der Waals surface area contributed by atoms with Crippen LogP contribution in [0.3, 0.4) is 0 Å². The molecule has 224 valence electrons. The van der Waals surface area contributed by atoms with Crippen molar-refractivity contribution in [3.05, 3.63) is 77.9 Å². The van der Waals surface area contributed by atoms with Gasteiger partial charge in [0.15, 0.2) is 0 Å². The molecule has 2 aromatic rings. The molecule has 5 N–H and O–H groups in total. The number of phenols is 1. The average Bonchev–Trinajstić information content (AvgIpc) is 3.00. The standard InChI is InChI=1S/C33H42N4O5/c34-27(20-24-9-11-26(38)12-10-24)31(40)37-17-13-28-25(22-37)8-4-5-14-33(15-18-42-19-16-33)32(41)36-29(30(39)35-28)21-23-6-2-1-3-7-23/h1-7,9-12,25,27-29,38H,8,13-22,34H2,(H,35,39)(H,36,41)/b5-4+/t25-,27+,28-,29-/m1/s1. The summed E-state index contributed by atoms with van der Waals surface area (Å²) >= 11 is 0. The molecule has 3 amide bonds. The fourth-order valence-electron chi connectivity index (χ4n) is 6.39. The Kier molecular flexibility index (Phi) is 9.59. The molecule has 3 heterocycles. The molecule has 0 unspecified atom stereocenters. The predicted octanol–water partition coefficient (Wildman–Crippen LogP) is 2.47. The van der Waals surface area contributed by atoms with Crippen molar-refractivity contribution >= 4 is 17.7 Å². The van der Waals surface area contributed by atoms with Crippen LogP contribution in [0.4, 0.5) is 0 Å². The van der Waals surface area contributed by atoms with Crippen LogP contribution >= 0.6 is 0 Å². The number of carbonyl (C=O) groups excluding carboxylic acids is 3. The van der Waals surface area contributed by atoms with Crippen LogP contribution in [0.15, 0.2) is 66.7 Å². The molecule has 0 aliphatic carbocycles. The van der Waals surface area contributed by atoms with Gasteiger partial charge in [0, 0.05) is 44.7 Å². The van der Waals surface area contributed by atoms with Gasteiger partial charge in [-0.25, -0.2) is 0 Å². The van der Waals surface area contributed by atoms with E-state index < -0.39 is 17.5 Å². The maximum Gasteiger partial charge on any atom is 0.243 e. The number of rotatable bonds is 5. The third kappa shape index (κ3) is 7.20. The van der Waals surface area contributed by atoms with Crippen molar-refractivity contribution in [3.63, 3.8) is 0 Å². The van der Waals surface area contributed by atoms with E-state index in [-0.39, 0.29) is 35.4 Å². The molecule has 0 aromatic heterocycles. The number of piperidine rings is 1. The summed E-state index contributed by atoms with van der Waals surface area (Å²) in [5.41, 5.74) is 7.60. The van der Waals surface area contributed by atoms with Gasteiger partial charge < -0.3 is 31.1 Å². The van der Waals surface area contributed by atoms with Gasteiger partial charge in [0.25, 0.3) is 0 Å². The monoisotopic (exact) mass is 574 g/mol. The number of phenolic OH excluding ortho intramolecular Hbond substituents is 1. The molecule has 9 heteroatoms. The number of carbonyl (C=O) groups is 3. The van der Waals surface area contributed by atoms with Gasteiger partial charge in [-0.2, -0.15) is 0 Å². The highest BCUT2D eigenvalue weighted by Crippen LogP contribution is 2.36. The fourth-order valence-corrected chi connectivity index (χ4v) is 6.39. The second-order valence-electron chi connectivity index (χ2n) is 11.9. The lowest BCUT2D eigenvalue weighted by Crippen LogP contribution is -2.59. The molecule has 5 rings (SSSR count). The smallest absolute Gasteiger partial charge is 0.243 e. The normalized spacial score (nSPS) is 26.1. The molecule has 3 aliphatic rings. The van der Waals surface area contributed by atoms with Crippen molar-refractivity contribution < 1.29 is 24.2 Å². The predicted molar refractivity (Wildman–Crippen MR) is 159 cm³/mol. The largest absolute Gasteiger partial charge is 0.508 e. The van der Waals surface area contributed by atoms with E-state index in [0.29, 0.717) is 71.2 Å². The minimum atomic E-state index is -0.706. The number of allylic oxidation sites excluding steroid dienone is 2. The van der Waals surface area contributed by atoms with Crippen molar-refractivity contribution in [3.8, 4) is 5.75 Å². The summed E-state index contributed by atoms with van der Waals surface area (Å²) in [4.78, 5) is 42.7. The van der Waals surface area contributed by atoms with E-state index in [1.165, 1.54) is 0 Å². The molecule has 0 radical (unpaired) electrons. The Morgan fingerprint density at radius 2 is 1.76 bits per heavy atom. The molecule has 1 spiro atoms. The number of hydrogen-bond donors (Lipinski definition) is 4. The van der Waals surface area contributed by atoms with E-state index in [1.54, 1.807) is 24.3 Å². The number of ether oxygens (including phenoxy) is 1. The Morgan fingerprint density at radius 3 is 2.50 bits per heavy atom. The van der Waals surface area contributed by atoms with Gasteiger partial charge in [-0.3, -0.25) is 14.4 Å². The first-order valence-corrected chi connectivity index (χ1v) is 15.0. The third-order valence-electron chi connectivity index (χ3n) is 9.03. The summed E-state index contributed by atoms with van der Waals surface area (Å²) in [5, 5.41) is 15.9. The van der Waals surface area contributed by atoms with Gasteiger partial charge in [-0.15, -0.1) is 0 Å². The Labute approximate surface area is 247 Å². The second-order valence-corrected chi connectivity index (χ2v) is 11.9. The highest BCUT2D eigenvalue weighted by molar-refractivity contribution is 5.90. The summed E-state index contributed by atoms with van der Waals surface area (Å²) in [6.45, 7) is 2.02. The van der Waals surface area contributed by atoms with Crippen LogP contribution in [0.25, 0.3) is 0 Å². The molecular weight excluding hydrogens is 532 g/mol. The summed E-state index contributed by atoms with van der Waals surface area (Å²) in [7, 11) is 0. The Hall–Kier alpha value is -3.69. The lowest BCUT2D eigenvalue weighted by atomic mass is 9.75. The highest BCUT2D eigenvalue weighted by Gasteiger charge is 2.42. The van der Waals surface area contributed by atoms with E-state index in [2.05, 4.69) is 22.8 Å². The molecule has 0 bridgehead atoms. The molecule has 3 aliphatic heterocycles. The highest BCUT2D eigenvalue weighted by atomic mass is 16.5. The Morgan fingerprint density at radius 1 is 1.02 bits per heavy atom. The maximum absolute atomic E-state index is 13.8. The van der Waals surface area contributed by atoms with E-state index in [9.17, 15) is 19.5 Å². The zero-order chi connectivity index (χ0) is 29.5. The van der Waals surface area contributed by atoms with E-state index in [0.717, 1.165) is 11.1 Å². The van der Waals surface area contributed by atoms with Gasteiger partial charge in [-0.1, -0.05) is 54.6 Å². The number of hydrogen-bond acceptors (Lipinski definition) is 6. The topological polar surface area (TPSA) is 134 Å². The van der Waals surface area contributed by atoms with Crippen molar-refractivity contribution in [2.75, 3.05) is 26.3 Å². The molecular formula is C33H42N4O5. The number of nitrogens with one attached hydrogen (secondary N) is 2. The van der Waals surface area contributed by atoms with Crippen molar-refractivity contribution in [1.29, 1.82) is 0 Å². The summed E-state index contributed by atoms with van der Waals surface area (Å²) in [5.74, 6) is -0.212. The van der Waals surface area contributed by atoms with Gasteiger partial charge in [0.05, 0.1) is 11.5 Å². The fraction of sp³-hybridized carbons (Fsp3) is 0.485. The molecule has 42 heavy (non-hydrogen) atoms. The quantitative estimate of drug-likeness (QED) is 0.406. The van der Waals surface area contributed by atoms with Crippen LogP contribution in [0, 0.1) is 11.3 Å². The zero-order valence-corrected chi connectivity index (χ0v) is 24.0. The first kappa shape index (κ1) is 29.8. The number of aromatic hydroxyl groups is 1. The molecule has 2 fully saturated rings. The Balaban J connectivity index is 1.33. The van der Waals surface area contributed by atoms with Crippen molar-refractivity contribution in [2.24, 2.45) is 17.1 Å². The van der Waals surface area contributed by atoms with Crippen LogP contribution in [0.2, 0.25) is 0 Å². The van der Waals surface area contributed by atoms with Gasteiger partial charge >= 0.3 is 0 Å². The first-order valence-electron chi connectivity index (χ1n) is 15.0. The number of nitrogens with zero attached hydrogens (tertiary/aromatic N) is 1. The number of benzene rings is 2. The van der Waals surface area contributed by atoms with E-state index >= 15 is 0 Å². The van der Waals surface area contributed by atoms with Crippen LogP contribution in [0.1, 0.15) is 43.2 Å². The average molecular weight is 575 g/mol. The zero-order valence-electron chi connectivity index (χ0n) is 24.0. The second kappa shape index (κ2) is 13.5. The van der Waals surface area contributed by atoms with Crippen molar-refractivity contribution in [2.45, 2.75) is 63.1 Å². The minimum Gasteiger partial charge on any atom is -0.508 e. The van der Waals surface area contributed by atoms with E-state index in [4.69, 9.17) is 10.5 Å². The van der Waals surface area contributed by atoms with Gasteiger partial charge in [0.2, 0.25) is 17.7 Å². The third-order valence-corrected chi connectivity index (χ3v) is 9.03. The molecule has 2 saturated heterocycles. The van der Waals surface area contributed by atoms with Crippen LogP contribution in [0.5, 0.6) is 5.75 Å². The molecule has 4 atom stereocenters. The molecule has 0 saturated carbocycles. The van der Waals surface area contributed by atoms with Gasteiger partial charge in [0.1, 0.15) is 11.8 Å². The van der Waals surface area contributed by atoms with Crippen LogP contribution in [-0.2, 0) is 32.0 Å². The summed E-state index contributed by atoms with van der Waals surface area (Å²) < 4.78 is 5.59. The number of amides is 3. The van der Waals surface area contributed by atoms with E-state index in [1.807, 2.05) is 35.2 Å². The Bertz CT molecular complexity index is 1260. The van der Waals surface area contributed by atoms with Crippen LogP contribution < -0.4 is 16.4 Å². The lowest BCUT2D eigenvalue weighted by molar-refractivity contribution is -0.140. The molecule has 9 nitrogen and oxygen atoms in total. The lowest BCUT2D eigenvalue weighted by Gasteiger charge is -2.41. The number of likely N-dealkylation sites (tertiary alicyclic amines) is 1. The van der Waals surface area contributed by atoms with Crippen molar-refractivity contribution in [1.82, 2.24) is 15.5 Å². The maximum atomic E-state index is 13.8. The number of nitrogens with two attached hydrogens (primary N) is 1. The minimum absolute atomic E-state index is 0.0157. The first-order chi connectivity index (χ1) is 20.3. The van der Waals surface area contributed by atoms with Crippen LogP contribution in [-0.4, -0.2) is 72.2 Å². The van der Waals surface area contributed by atoms with Gasteiger partial charge in [-0.05, 0) is 61.8 Å². The summed E-state index contributed by atoms with van der Waals surface area (Å²) in [6, 6.07) is 14.9.